The number of nitrogens with two attached hydrogens (primary N) is 1. The second-order valence-electron chi connectivity index (χ2n) is 8.87. The number of ether oxygens (including phenoxy) is 1. The number of carbonyl (C=O) groups is 1. The molecule has 1 amide bonds. The Hall–Kier alpha value is -4.07. The molecule has 5 rings (SSSR count). The van der Waals surface area contributed by atoms with Gasteiger partial charge in [-0.2, -0.15) is 13.1 Å². The molecular formula is C25H26FN7O4S. The third-order valence-electron chi connectivity index (χ3n) is 6.34. The number of piperidine rings is 1. The lowest BCUT2D eigenvalue weighted by molar-refractivity contribution is 0.102. The second kappa shape index (κ2) is 10.4. The lowest BCUT2D eigenvalue weighted by atomic mass is 10.0. The molecule has 38 heavy (non-hydrogen) atoms. The van der Waals surface area contributed by atoms with Gasteiger partial charge in [0.2, 0.25) is 0 Å². The minimum atomic E-state index is -3.80. The monoisotopic (exact) mass is 539 g/mol. The van der Waals surface area contributed by atoms with Gasteiger partial charge in [0, 0.05) is 43.3 Å². The fraction of sp³-hybridized carbons (Fsp3) is 0.240. The van der Waals surface area contributed by atoms with E-state index in [-0.39, 0.29) is 17.4 Å². The number of carbonyl (C=O) groups excluding carboxylic acids is 1. The summed E-state index contributed by atoms with van der Waals surface area (Å²) in [6.45, 7) is 0.970. The summed E-state index contributed by atoms with van der Waals surface area (Å²) >= 11 is 0. The van der Waals surface area contributed by atoms with Crippen LogP contribution in [0.15, 0.2) is 61.1 Å². The summed E-state index contributed by atoms with van der Waals surface area (Å²) in [5.41, 5.74) is 2.67. The molecule has 0 saturated carbocycles. The van der Waals surface area contributed by atoms with Gasteiger partial charge in [0.05, 0.1) is 18.5 Å². The van der Waals surface area contributed by atoms with E-state index >= 15 is 0 Å². The van der Waals surface area contributed by atoms with Crippen LogP contribution >= 0.6 is 0 Å². The van der Waals surface area contributed by atoms with Crippen molar-refractivity contribution in [3.05, 3.63) is 72.6 Å². The van der Waals surface area contributed by atoms with E-state index in [2.05, 4.69) is 20.0 Å². The highest BCUT2D eigenvalue weighted by Gasteiger charge is 2.25. The molecule has 0 spiro atoms. The summed E-state index contributed by atoms with van der Waals surface area (Å²) < 4.78 is 46.6. The van der Waals surface area contributed by atoms with Crippen LogP contribution in [0.3, 0.4) is 0 Å². The predicted octanol–water partition coefficient (Wildman–Crippen LogP) is 2.56. The molecule has 0 unspecified atom stereocenters. The number of hydrogen-bond acceptors (Lipinski definition) is 7. The Labute approximate surface area is 218 Å². The Morgan fingerprint density at radius 2 is 1.95 bits per heavy atom. The molecule has 11 nitrogen and oxygen atoms in total. The van der Waals surface area contributed by atoms with Gasteiger partial charge in [-0.3, -0.25) is 4.79 Å². The van der Waals surface area contributed by atoms with Gasteiger partial charge in [0.1, 0.15) is 23.0 Å². The predicted molar refractivity (Wildman–Crippen MR) is 141 cm³/mol. The van der Waals surface area contributed by atoms with E-state index in [1.807, 2.05) is 23.1 Å². The highest BCUT2D eigenvalue weighted by atomic mass is 32.2. The number of halogens is 1. The molecule has 1 aliphatic rings. The van der Waals surface area contributed by atoms with Gasteiger partial charge in [-0.25, -0.2) is 19.5 Å². The molecule has 2 aromatic carbocycles. The zero-order valence-corrected chi connectivity index (χ0v) is 21.3. The maximum absolute atomic E-state index is 14.2. The number of nitrogens with zero attached hydrogens (tertiary/aromatic N) is 4. The molecule has 1 saturated heterocycles. The van der Waals surface area contributed by atoms with Crippen LogP contribution in [-0.2, 0) is 10.2 Å². The normalized spacial score (nSPS) is 14.6. The van der Waals surface area contributed by atoms with Crippen molar-refractivity contribution in [2.24, 2.45) is 5.14 Å². The van der Waals surface area contributed by atoms with Gasteiger partial charge in [-0.15, -0.1) is 0 Å². The molecule has 3 heterocycles. The Balaban J connectivity index is 1.43. The summed E-state index contributed by atoms with van der Waals surface area (Å²) in [7, 11) is -2.25. The Morgan fingerprint density at radius 3 is 2.68 bits per heavy atom. The van der Waals surface area contributed by atoms with Crippen molar-refractivity contribution in [1.82, 2.24) is 19.1 Å². The number of hydrogen-bond donors (Lipinski definition) is 3. The van der Waals surface area contributed by atoms with Crippen LogP contribution in [0.5, 0.6) is 5.75 Å². The van der Waals surface area contributed by atoms with Crippen molar-refractivity contribution in [2.45, 2.75) is 18.9 Å². The zero-order valence-electron chi connectivity index (χ0n) is 20.5. The highest BCUT2D eigenvalue weighted by molar-refractivity contribution is 7.87. The van der Waals surface area contributed by atoms with E-state index in [0.717, 1.165) is 0 Å². The van der Waals surface area contributed by atoms with Gasteiger partial charge >= 0.3 is 0 Å². The first-order valence-corrected chi connectivity index (χ1v) is 13.4. The van der Waals surface area contributed by atoms with Crippen LogP contribution in [0.25, 0.3) is 16.9 Å². The van der Waals surface area contributed by atoms with Crippen molar-refractivity contribution in [1.29, 1.82) is 0 Å². The maximum atomic E-state index is 14.2. The quantitative estimate of drug-likeness (QED) is 0.327. The Bertz CT molecular complexity index is 1600. The van der Waals surface area contributed by atoms with Crippen LogP contribution in [-0.4, -0.2) is 54.9 Å². The maximum Gasteiger partial charge on any atom is 0.275 e. The molecule has 2 aromatic heterocycles. The number of benzene rings is 2. The summed E-state index contributed by atoms with van der Waals surface area (Å²) in [4.78, 5) is 24.3. The lowest BCUT2D eigenvalue weighted by Gasteiger charge is -2.34. The SMILES string of the molecule is COc1ccccc1-c1nc(C(=O)Nc2cc(F)ccc2N2CCC(NS(N)(=O)=O)CC2)cn2ccnc12. The summed E-state index contributed by atoms with van der Waals surface area (Å²) in [5.74, 6) is -0.466. The van der Waals surface area contributed by atoms with Gasteiger partial charge in [0.25, 0.3) is 16.1 Å². The van der Waals surface area contributed by atoms with E-state index in [9.17, 15) is 17.6 Å². The molecule has 0 atom stereocenters. The first-order chi connectivity index (χ1) is 18.2. The topological polar surface area (TPSA) is 144 Å². The van der Waals surface area contributed by atoms with Crippen LogP contribution < -0.4 is 24.8 Å². The lowest BCUT2D eigenvalue weighted by Crippen LogP contribution is -2.46. The first-order valence-electron chi connectivity index (χ1n) is 11.8. The van der Waals surface area contributed by atoms with Crippen molar-refractivity contribution in [2.75, 3.05) is 30.4 Å². The molecule has 4 aromatic rings. The van der Waals surface area contributed by atoms with E-state index in [1.54, 1.807) is 42.2 Å². The van der Waals surface area contributed by atoms with E-state index in [0.29, 0.717) is 54.3 Å². The third kappa shape index (κ3) is 5.44. The molecule has 0 bridgehead atoms. The van der Waals surface area contributed by atoms with Crippen LogP contribution in [0.2, 0.25) is 0 Å². The first kappa shape index (κ1) is 25.6. The summed E-state index contributed by atoms with van der Waals surface area (Å²) in [6, 6.07) is 11.2. The average Bonchev–Trinajstić information content (AvgIpc) is 3.37. The average molecular weight is 540 g/mol. The van der Waals surface area contributed by atoms with Gasteiger partial charge in [0.15, 0.2) is 5.65 Å². The van der Waals surface area contributed by atoms with Gasteiger partial charge < -0.3 is 19.4 Å². The van der Waals surface area contributed by atoms with Gasteiger partial charge in [-0.1, -0.05) is 12.1 Å². The molecule has 4 N–H and O–H groups in total. The fourth-order valence-corrected chi connectivity index (χ4v) is 5.30. The molecule has 1 fully saturated rings. The molecule has 13 heteroatoms. The molecule has 0 radical (unpaired) electrons. The minimum Gasteiger partial charge on any atom is -0.496 e. The number of nitrogens with one attached hydrogen (secondary N) is 2. The number of imidazole rings is 1. The number of methoxy groups -OCH3 is 1. The van der Waals surface area contributed by atoms with E-state index < -0.39 is 21.9 Å². The standard InChI is InChI=1S/C25H26FN7O4S/c1-37-22-5-3-2-4-18(22)23-24-28-10-13-33(24)15-20(29-23)25(34)30-19-14-16(26)6-7-21(19)32-11-8-17(9-12-32)31-38(27,35)36/h2-7,10,13-15,17,31H,8-9,11-12H2,1H3,(H,30,34)(H2,27,35,36). The van der Waals surface area contributed by atoms with Crippen molar-refractivity contribution < 1.29 is 22.3 Å². The smallest absolute Gasteiger partial charge is 0.275 e. The van der Waals surface area contributed by atoms with Crippen LogP contribution in [0, 0.1) is 5.82 Å². The largest absolute Gasteiger partial charge is 0.496 e. The molecule has 0 aliphatic carbocycles. The van der Waals surface area contributed by atoms with E-state index in [1.165, 1.54) is 12.1 Å². The number of anilines is 2. The summed E-state index contributed by atoms with van der Waals surface area (Å²) in [5, 5.41) is 7.89. The number of para-hydroxylation sites is 1. The highest BCUT2D eigenvalue weighted by Crippen LogP contribution is 2.32. The second-order valence-corrected chi connectivity index (χ2v) is 10.2. The van der Waals surface area contributed by atoms with Crippen LogP contribution in [0.4, 0.5) is 15.8 Å². The minimum absolute atomic E-state index is 0.0997. The van der Waals surface area contributed by atoms with Crippen molar-refractivity contribution >= 4 is 33.1 Å². The van der Waals surface area contributed by atoms with E-state index in [4.69, 9.17) is 9.88 Å². The summed E-state index contributed by atoms with van der Waals surface area (Å²) in [6.07, 6.45) is 5.88. The molecular weight excluding hydrogens is 513 g/mol. The number of aromatic nitrogens is 3. The van der Waals surface area contributed by atoms with Crippen molar-refractivity contribution in [3.63, 3.8) is 0 Å². The van der Waals surface area contributed by atoms with Gasteiger partial charge in [-0.05, 0) is 43.2 Å². The van der Waals surface area contributed by atoms with Crippen molar-refractivity contribution in [3.8, 4) is 17.0 Å². The Kier molecular flexibility index (Phi) is 6.97. The number of fused-ring (bicyclic) bond motifs is 1. The third-order valence-corrected chi connectivity index (χ3v) is 7.00. The molecule has 198 valence electrons. The zero-order chi connectivity index (χ0) is 26.9. The number of amides is 1. The van der Waals surface area contributed by atoms with Crippen LogP contribution in [0.1, 0.15) is 23.3 Å². The fourth-order valence-electron chi connectivity index (χ4n) is 4.60. The number of rotatable bonds is 7. The Morgan fingerprint density at radius 1 is 1.18 bits per heavy atom. The molecule has 1 aliphatic heterocycles.